The monoisotopic (exact) mass is 167 g/mol. The minimum absolute atomic E-state index is 0. The number of Topliss-reactive ketones (excluding diaryl/α,β-unsaturated/α-hetero) is 1. The third-order valence-electron chi connectivity index (χ3n) is 1.22. The Balaban J connectivity index is 0. The summed E-state index contributed by atoms with van der Waals surface area (Å²) in [6, 6.07) is 0. The Hall–Kier alpha value is 1.27. The van der Waals surface area contributed by atoms with Crippen molar-refractivity contribution in [2.45, 2.75) is 20.8 Å². The second kappa shape index (κ2) is 8.36. The molecule has 1 rings (SSSR count). The summed E-state index contributed by atoms with van der Waals surface area (Å²) in [5.41, 5.74) is 0. The Morgan fingerprint density at radius 1 is 1.50 bits per heavy atom. The van der Waals surface area contributed by atoms with Gasteiger partial charge in [-0.15, -0.1) is 6.54 Å². The molecule has 10 heavy (non-hydrogen) atoms. The van der Waals surface area contributed by atoms with Crippen LogP contribution in [0.3, 0.4) is 0 Å². The van der Waals surface area contributed by atoms with E-state index in [4.69, 9.17) is 0 Å². The largest absolute Gasteiger partial charge is 1.00 e. The van der Waals surface area contributed by atoms with Crippen molar-refractivity contribution in [3.63, 3.8) is 0 Å². The molecule has 2 nitrogen and oxygen atoms in total. The van der Waals surface area contributed by atoms with Crippen LogP contribution in [-0.2, 0) is 4.79 Å². The van der Waals surface area contributed by atoms with Crippen molar-refractivity contribution in [3.05, 3.63) is 5.32 Å². The summed E-state index contributed by atoms with van der Waals surface area (Å²) in [5, 5.41) is 3.90. The average molecular weight is 167 g/mol. The van der Waals surface area contributed by atoms with E-state index in [0.29, 0.717) is 12.3 Å². The minimum Gasteiger partial charge on any atom is -0.656 e. The van der Waals surface area contributed by atoms with Crippen LogP contribution >= 0.6 is 0 Å². The van der Waals surface area contributed by atoms with E-state index in [1.807, 2.05) is 20.8 Å². The van der Waals surface area contributed by atoms with Gasteiger partial charge in [-0.05, 0) is 5.92 Å². The molecule has 1 aliphatic heterocycles. The molecule has 3 heteroatoms. The molecule has 1 fully saturated rings. The van der Waals surface area contributed by atoms with Crippen molar-refractivity contribution in [1.82, 2.24) is 0 Å². The van der Waals surface area contributed by atoms with Gasteiger partial charge in [0.15, 0.2) is 0 Å². The van der Waals surface area contributed by atoms with E-state index in [1.54, 1.807) is 0 Å². The molecule has 0 aromatic heterocycles. The molecule has 0 radical (unpaired) electrons. The van der Waals surface area contributed by atoms with Gasteiger partial charge in [0, 0.05) is 0 Å². The molecule has 0 aromatic carbocycles. The Kier molecular flexibility index (Phi) is 11.6. The van der Waals surface area contributed by atoms with Gasteiger partial charge in [0.2, 0.25) is 0 Å². The fourth-order valence-corrected chi connectivity index (χ4v) is 0.626. The Morgan fingerprint density at radius 3 is 2.10 bits per heavy atom. The molecule has 1 heterocycles. The Bertz CT molecular complexity index is 95.6. The second-order valence-electron chi connectivity index (χ2n) is 1.93. The number of hydrogen-bond acceptors (Lipinski definition) is 1. The van der Waals surface area contributed by atoms with Crippen LogP contribution < -0.4 is 51.4 Å². The number of carbonyl (C=O) groups is 1. The van der Waals surface area contributed by atoms with Gasteiger partial charge in [-0.3, -0.25) is 0 Å². The molecule has 54 valence electrons. The first kappa shape index (κ1) is 13.8. The molecule has 1 saturated heterocycles. The molecule has 1 atom stereocenters. The van der Waals surface area contributed by atoms with Gasteiger partial charge in [0.05, 0.1) is 0 Å². The smallest absolute Gasteiger partial charge is 0.656 e. The van der Waals surface area contributed by atoms with Crippen molar-refractivity contribution in [3.8, 4) is 0 Å². The maximum atomic E-state index is 10.5. The number of ketones is 1. The number of nitrogens with zero attached hydrogens (tertiary/aromatic N) is 1. The van der Waals surface area contributed by atoms with E-state index < -0.39 is 0 Å². The van der Waals surface area contributed by atoms with Crippen molar-refractivity contribution >= 4 is 5.78 Å². The van der Waals surface area contributed by atoms with Crippen LogP contribution in [0.1, 0.15) is 20.8 Å². The number of rotatable bonds is 0. The van der Waals surface area contributed by atoms with Gasteiger partial charge in [0.25, 0.3) is 0 Å². The summed E-state index contributed by atoms with van der Waals surface area (Å²) in [4.78, 5) is 10.5. The maximum absolute atomic E-state index is 10.5. The average Bonchev–Trinajstić information content (AvgIpc) is 2.23. The van der Waals surface area contributed by atoms with Crippen LogP contribution in [0.5, 0.6) is 0 Å². The quantitative estimate of drug-likeness (QED) is 0.409. The van der Waals surface area contributed by atoms with Crippen molar-refractivity contribution in [1.29, 1.82) is 0 Å². The summed E-state index contributed by atoms with van der Waals surface area (Å²) >= 11 is 0. The van der Waals surface area contributed by atoms with Gasteiger partial charge in [0.1, 0.15) is 5.78 Å². The molecule has 0 bridgehead atoms. The normalized spacial score (nSPS) is 22.7. The molecule has 0 spiro atoms. The van der Waals surface area contributed by atoms with Crippen molar-refractivity contribution < 1.29 is 56.2 Å². The molecule has 1 unspecified atom stereocenters. The summed E-state index contributed by atoms with van der Waals surface area (Å²) < 4.78 is 0. The summed E-state index contributed by atoms with van der Waals surface area (Å²) in [7, 11) is 0. The van der Waals surface area contributed by atoms with Crippen molar-refractivity contribution in [2.75, 3.05) is 13.1 Å². The molecule has 0 N–H and O–H groups in total. The molecule has 0 aliphatic carbocycles. The second-order valence-corrected chi connectivity index (χ2v) is 1.93. The minimum atomic E-state index is 0. The zero-order valence-electron chi connectivity index (χ0n) is 7.35. The fourth-order valence-electron chi connectivity index (χ4n) is 0.626. The third-order valence-corrected chi connectivity index (χ3v) is 1.22. The Labute approximate surface area is 106 Å². The van der Waals surface area contributed by atoms with Gasteiger partial charge in [-0.1, -0.05) is 27.3 Å². The van der Waals surface area contributed by atoms with E-state index in [9.17, 15) is 4.79 Å². The number of hydrogen-bond donors (Lipinski definition) is 0. The van der Waals surface area contributed by atoms with Gasteiger partial charge < -0.3 is 10.1 Å². The van der Waals surface area contributed by atoms with E-state index in [2.05, 4.69) is 5.32 Å². The molecular weight excluding hydrogens is 153 g/mol. The van der Waals surface area contributed by atoms with Crippen LogP contribution in [-0.4, -0.2) is 18.9 Å². The third kappa shape index (κ3) is 4.99. The van der Waals surface area contributed by atoms with Crippen molar-refractivity contribution in [2.24, 2.45) is 5.92 Å². The maximum Gasteiger partial charge on any atom is 1.00 e. The molecule has 0 saturated carbocycles. The van der Waals surface area contributed by atoms with E-state index in [-0.39, 0.29) is 57.3 Å². The standard InChI is InChI=1S/C5H8NO.C2H6.K/c1-4-2-6-3-5(4)7;1-2;/h4H,2-3H2,1H3;1-2H3;/q-1;;+1. The van der Waals surface area contributed by atoms with E-state index >= 15 is 0 Å². The summed E-state index contributed by atoms with van der Waals surface area (Å²) in [6.45, 7) is 7.12. The molecule has 0 aromatic rings. The first-order valence-corrected chi connectivity index (χ1v) is 3.46. The van der Waals surface area contributed by atoms with E-state index in [1.165, 1.54) is 0 Å². The van der Waals surface area contributed by atoms with Crippen LogP contribution in [0.2, 0.25) is 0 Å². The number of carbonyl (C=O) groups excluding carboxylic acids is 1. The Morgan fingerprint density at radius 2 is 2.00 bits per heavy atom. The predicted octanol–water partition coefficient (Wildman–Crippen LogP) is -1.39. The molecule has 0 amide bonds. The van der Waals surface area contributed by atoms with Gasteiger partial charge >= 0.3 is 51.4 Å². The van der Waals surface area contributed by atoms with Gasteiger partial charge in [-0.2, -0.15) is 0 Å². The zero-order valence-corrected chi connectivity index (χ0v) is 10.5. The topological polar surface area (TPSA) is 31.2 Å². The SMILES string of the molecule is CC.CC1C[N-]CC1=O.[K+]. The molecule has 1 aliphatic rings. The van der Waals surface area contributed by atoms with Crippen LogP contribution in [0.15, 0.2) is 0 Å². The fraction of sp³-hybridized carbons (Fsp3) is 0.857. The predicted molar refractivity (Wildman–Crippen MR) is 38.6 cm³/mol. The first-order valence-electron chi connectivity index (χ1n) is 3.46. The van der Waals surface area contributed by atoms with E-state index in [0.717, 1.165) is 6.54 Å². The zero-order chi connectivity index (χ0) is 7.28. The molecular formula is C7H14KNO. The van der Waals surface area contributed by atoms with Crippen LogP contribution in [0, 0.1) is 5.92 Å². The summed E-state index contributed by atoms with van der Waals surface area (Å²) in [5.74, 6) is 0.500. The first-order chi connectivity index (χ1) is 4.30. The van der Waals surface area contributed by atoms with Crippen LogP contribution in [0.4, 0.5) is 0 Å². The van der Waals surface area contributed by atoms with Gasteiger partial charge in [-0.25, -0.2) is 0 Å². The van der Waals surface area contributed by atoms with Crippen LogP contribution in [0.25, 0.3) is 5.32 Å². The summed E-state index contributed by atoms with van der Waals surface area (Å²) in [6.07, 6.45) is 0.